The van der Waals surface area contributed by atoms with Crippen LogP contribution in [0.2, 0.25) is 10.0 Å². The fourth-order valence-electron chi connectivity index (χ4n) is 2.04. The first-order valence-electron chi connectivity index (χ1n) is 6.85. The van der Waals surface area contributed by atoms with Crippen molar-refractivity contribution in [2.24, 2.45) is 0 Å². The third-order valence-electron chi connectivity index (χ3n) is 3.22. The van der Waals surface area contributed by atoms with Crippen LogP contribution in [0.1, 0.15) is 20.7 Å². The predicted octanol–water partition coefficient (Wildman–Crippen LogP) is 6.69. The molecule has 0 bridgehead atoms. The van der Waals surface area contributed by atoms with Crippen molar-refractivity contribution in [1.82, 2.24) is 0 Å². The van der Waals surface area contributed by atoms with Gasteiger partial charge in [-0.3, -0.25) is 4.79 Å². The van der Waals surface area contributed by atoms with Crippen LogP contribution in [0, 0.1) is 0 Å². The van der Waals surface area contributed by atoms with Crippen LogP contribution in [-0.4, -0.2) is 19.0 Å². The normalized spacial score (nSPS) is 14.1. The monoisotopic (exact) mass is 449 g/mol. The fraction of sp³-hybridized carbons (Fsp3) is 0.0667. The third-order valence-corrected chi connectivity index (χ3v) is 4.98. The molecule has 0 saturated heterocycles. The number of nitrogens with one attached hydrogen (secondary N) is 1. The molecule has 4 nitrogen and oxygen atoms in total. The number of carbonyl (C=O) groups is 2. The number of anilines is 1. The summed E-state index contributed by atoms with van der Waals surface area (Å²) in [6.07, 6.45) is 0. The average molecular weight is 450 g/mol. The molecule has 2 aromatic rings. The zero-order valence-electron chi connectivity index (χ0n) is 13.2. The minimum atomic E-state index is -10.1. The van der Waals surface area contributed by atoms with Gasteiger partial charge < -0.3 is 10.1 Å². The molecular weight excluding hydrogens is 440 g/mol. The summed E-state index contributed by atoms with van der Waals surface area (Å²) in [5.41, 5.74) is -1.83. The van der Waals surface area contributed by atoms with E-state index in [9.17, 15) is 29.0 Å². The van der Waals surface area contributed by atoms with Crippen molar-refractivity contribution in [1.29, 1.82) is 0 Å². The Kier molecular flexibility index (Phi) is 4.92. The quantitative estimate of drug-likeness (QED) is 0.417. The highest BCUT2D eigenvalue weighted by atomic mass is 35.5. The molecule has 27 heavy (non-hydrogen) atoms. The van der Waals surface area contributed by atoms with E-state index in [2.05, 4.69) is 4.74 Å². The molecule has 2 aromatic carbocycles. The molecule has 12 heteroatoms. The molecule has 0 unspecified atom stereocenters. The number of ether oxygens (including phenoxy) is 1. The van der Waals surface area contributed by atoms with Gasteiger partial charge in [-0.05, 0) is 30.3 Å². The molecule has 0 saturated carbocycles. The van der Waals surface area contributed by atoms with Crippen LogP contribution in [0.3, 0.4) is 0 Å². The Morgan fingerprint density at radius 2 is 1.56 bits per heavy atom. The standard InChI is InChI=1S/C15H10Cl2F5NO3S/c1-26-15(25)8-5-9(7-10(6-8)27(18,19,20,21)22)23-14(24)13-11(16)3-2-4-12(13)17/h2-7H,1H3,(H,23,24). The lowest BCUT2D eigenvalue weighted by Gasteiger charge is -2.40. The van der Waals surface area contributed by atoms with E-state index in [4.69, 9.17) is 23.2 Å². The van der Waals surface area contributed by atoms with Crippen molar-refractivity contribution in [2.45, 2.75) is 4.90 Å². The van der Waals surface area contributed by atoms with Crippen molar-refractivity contribution < 1.29 is 33.8 Å². The summed E-state index contributed by atoms with van der Waals surface area (Å²) in [7, 11) is -9.28. The van der Waals surface area contributed by atoms with Gasteiger partial charge in [-0.1, -0.05) is 48.7 Å². The molecule has 0 fully saturated rings. The maximum atomic E-state index is 13.2. The Morgan fingerprint density at radius 1 is 1.00 bits per heavy atom. The molecule has 0 aliphatic rings. The summed E-state index contributed by atoms with van der Waals surface area (Å²) in [4.78, 5) is 21.5. The van der Waals surface area contributed by atoms with Crippen LogP contribution in [0.4, 0.5) is 25.1 Å². The number of hydrogen-bond acceptors (Lipinski definition) is 3. The summed E-state index contributed by atoms with van der Waals surface area (Å²) in [5.74, 6) is -2.36. The van der Waals surface area contributed by atoms with Gasteiger partial charge in [0.05, 0.1) is 28.3 Å². The van der Waals surface area contributed by atoms with Crippen LogP contribution < -0.4 is 5.32 Å². The van der Waals surface area contributed by atoms with E-state index in [0.29, 0.717) is 0 Å². The van der Waals surface area contributed by atoms with E-state index in [0.717, 1.165) is 13.2 Å². The van der Waals surface area contributed by atoms with E-state index < -0.39 is 38.2 Å². The number of rotatable bonds is 4. The lowest BCUT2D eigenvalue weighted by atomic mass is 10.1. The predicted molar refractivity (Wildman–Crippen MR) is 93.6 cm³/mol. The number of halogens is 7. The van der Waals surface area contributed by atoms with Gasteiger partial charge in [-0.15, -0.1) is 0 Å². The van der Waals surface area contributed by atoms with Gasteiger partial charge in [0.25, 0.3) is 5.91 Å². The Hall–Kier alpha value is -2.04. The summed E-state index contributed by atoms with van der Waals surface area (Å²) >= 11 is 11.7. The molecule has 0 aliphatic carbocycles. The summed E-state index contributed by atoms with van der Waals surface area (Å²) < 4.78 is 70.0. The summed E-state index contributed by atoms with van der Waals surface area (Å²) in [6, 6.07) is 4.73. The van der Waals surface area contributed by atoms with E-state index in [1.54, 1.807) is 0 Å². The number of benzene rings is 2. The van der Waals surface area contributed by atoms with Crippen molar-refractivity contribution in [3.05, 3.63) is 57.6 Å². The number of hydrogen-bond donors (Lipinski definition) is 1. The van der Waals surface area contributed by atoms with Gasteiger partial charge >= 0.3 is 16.2 Å². The molecule has 2 rings (SSSR count). The lowest BCUT2D eigenvalue weighted by molar-refractivity contribution is 0.0600. The SMILES string of the molecule is COC(=O)c1cc(NC(=O)c2c(Cl)cccc2Cl)cc(S(F)(F)(F)(F)F)c1. The van der Waals surface area contributed by atoms with Gasteiger partial charge in [0, 0.05) is 5.69 Å². The first-order valence-corrected chi connectivity index (χ1v) is 9.56. The number of amides is 1. The fourth-order valence-corrected chi connectivity index (χ4v) is 3.31. The first kappa shape index (κ1) is 21.3. The largest absolute Gasteiger partial charge is 0.465 e. The number of esters is 1. The first-order chi connectivity index (χ1) is 12.1. The topological polar surface area (TPSA) is 55.4 Å². The summed E-state index contributed by atoms with van der Waals surface area (Å²) in [5, 5.41) is 1.75. The van der Waals surface area contributed by atoms with Gasteiger partial charge in [0.2, 0.25) is 0 Å². The minimum Gasteiger partial charge on any atom is -0.465 e. The second kappa shape index (κ2) is 6.25. The maximum Gasteiger partial charge on any atom is 0.337 e. The highest BCUT2D eigenvalue weighted by Gasteiger charge is 2.65. The van der Waals surface area contributed by atoms with Crippen LogP contribution in [-0.2, 0) is 4.74 Å². The van der Waals surface area contributed by atoms with Gasteiger partial charge in [-0.25, -0.2) is 4.79 Å². The average Bonchev–Trinajstić information content (AvgIpc) is 2.51. The van der Waals surface area contributed by atoms with E-state index >= 15 is 0 Å². The molecule has 148 valence electrons. The van der Waals surface area contributed by atoms with Crippen LogP contribution in [0.5, 0.6) is 0 Å². The number of carbonyl (C=O) groups excluding carboxylic acids is 2. The van der Waals surface area contributed by atoms with Crippen LogP contribution in [0.15, 0.2) is 41.3 Å². The van der Waals surface area contributed by atoms with E-state index in [1.165, 1.54) is 18.2 Å². The smallest absolute Gasteiger partial charge is 0.337 e. The Balaban J connectivity index is 2.57. The molecule has 0 spiro atoms. The van der Waals surface area contributed by atoms with Crippen molar-refractivity contribution in [2.75, 3.05) is 12.4 Å². The second-order valence-corrected chi connectivity index (χ2v) is 8.48. The Morgan fingerprint density at radius 3 is 2.04 bits per heavy atom. The number of methoxy groups -OCH3 is 1. The summed E-state index contributed by atoms with van der Waals surface area (Å²) in [6.45, 7) is 0. The zero-order valence-corrected chi connectivity index (χ0v) is 15.6. The molecule has 0 atom stereocenters. The molecule has 0 aliphatic heterocycles. The molecule has 0 heterocycles. The highest BCUT2D eigenvalue weighted by Crippen LogP contribution is 3.02. The van der Waals surface area contributed by atoms with Gasteiger partial charge in [0.1, 0.15) is 4.90 Å². The molecular formula is C15H10Cl2F5NO3S. The second-order valence-electron chi connectivity index (χ2n) is 5.26. The molecule has 0 aromatic heterocycles. The van der Waals surface area contributed by atoms with E-state index in [1.807, 2.05) is 5.32 Å². The van der Waals surface area contributed by atoms with Crippen molar-refractivity contribution in [3.63, 3.8) is 0 Å². The molecule has 1 amide bonds. The highest BCUT2D eigenvalue weighted by molar-refractivity contribution is 8.45. The van der Waals surface area contributed by atoms with Gasteiger partial charge in [-0.2, -0.15) is 0 Å². The van der Waals surface area contributed by atoms with Crippen molar-refractivity contribution in [3.8, 4) is 0 Å². The maximum absolute atomic E-state index is 13.2. The Labute approximate surface area is 159 Å². The zero-order chi connectivity index (χ0) is 20.7. The van der Waals surface area contributed by atoms with Crippen LogP contribution >= 0.6 is 33.4 Å². The van der Waals surface area contributed by atoms with Gasteiger partial charge in [0.15, 0.2) is 0 Å². The molecule has 0 radical (unpaired) electrons. The Bertz CT molecular complexity index is 931. The minimum absolute atomic E-state index is 0.0106. The van der Waals surface area contributed by atoms with Crippen LogP contribution in [0.25, 0.3) is 0 Å². The lowest BCUT2D eigenvalue weighted by Crippen LogP contribution is -2.15. The third kappa shape index (κ3) is 5.02. The van der Waals surface area contributed by atoms with Crippen molar-refractivity contribution >= 4 is 51.0 Å². The van der Waals surface area contributed by atoms with E-state index in [-0.39, 0.29) is 27.7 Å². The molecule has 1 N–H and O–H groups in total.